The maximum Gasteiger partial charge on any atom is 0.328 e. The third kappa shape index (κ3) is 5.33. The van der Waals surface area contributed by atoms with Crippen LogP contribution in [0.15, 0.2) is 22.7 Å². The molecule has 0 aliphatic carbocycles. The van der Waals surface area contributed by atoms with Crippen molar-refractivity contribution in [3.05, 3.63) is 33.8 Å². The smallest absolute Gasteiger partial charge is 0.328 e. The van der Waals surface area contributed by atoms with Crippen LogP contribution in [0.5, 0.6) is 0 Å². The molecule has 1 atom stereocenters. The number of benzene rings is 1. The van der Waals surface area contributed by atoms with Crippen molar-refractivity contribution >= 4 is 27.8 Å². The quantitative estimate of drug-likeness (QED) is 0.858. The van der Waals surface area contributed by atoms with Crippen LogP contribution in [-0.4, -0.2) is 23.5 Å². The Morgan fingerprint density at radius 2 is 1.85 bits per heavy atom. The van der Waals surface area contributed by atoms with Crippen molar-refractivity contribution in [1.82, 2.24) is 5.32 Å². The van der Waals surface area contributed by atoms with Gasteiger partial charge in [0, 0.05) is 10.0 Å². The summed E-state index contributed by atoms with van der Waals surface area (Å²) in [6, 6.07) is 4.70. The average molecular weight is 342 g/mol. The van der Waals surface area contributed by atoms with E-state index >= 15 is 0 Å². The highest BCUT2D eigenvalue weighted by molar-refractivity contribution is 9.10. The molecule has 1 aromatic carbocycles. The van der Waals surface area contributed by atoms with E-state index in [1.54, 1.807) is 39.8 Å². The number of hydrogen-bond donors (Lipinski definition) is 1. The topological polar surface area (TPSA) is 55.4 Å². The van der Waals surface area contributed by atoms with Crippen LogP contribution in [0.1, 0.15) is 43.6 Å². The highest BCUT2D eigenvalue weighted by Gasteiger charge is 2.23. The van der Waals surface area contributed by atoms with E-state index in [1.807, 2.05) is 13.0 Å². The molecule has 0 aliphatic heterocycles. The lowest BCUT2D eigenvalue weighted by atomic mass is 10.1. The highest BCUT2D eigenvalue weighted by atomic mass is 79.9. The number of ether oxygens (including phenoxy) is 1. The summed E-state index contributed by atoms with van der Waals surface area (Å²) in [6.45, 7) is 8.88. The lowest BCUT2D eigenvalue weighted by molar-refractivity contribution is -0.156. The Morgan fingerprint density at radius 3 is 2.35 bits per heavy atom. The summed E-state index contributed by atoms with van der Waals surface area (Å²) < 4.78 is 6.05. The Labute approximate surface area is 128 Å². The van der Waals surface area contributed by atoms with Gasteiger partial charge in [0.1, 0.15) is 11.6 Å². The molecule has 0 fully saturated rings. The first-order valence-electron chi connectivity index (χ1n) is 6.39. The van der Waals surface area contributed by atoms with Gasteiger partial charge < -0.3 is 10.1 Å². The Morgan fingerprint density at radius 1 is 1.25 bits per heavy atom. The van der Waals surface area contributed by atoms with Gasteiger partial charge in [-0.1, -0.05) is 15.9 Å². The van der Waals surface area contributed by atoms with Gasteiger partial charge in [0.15, 0.2) is 0 Å². The molecule has 0 saturated carbocycles. The largest absolute Gasteiger partial charge is 0.458 e. The summed E-state index contributed by atoms with van der Waals surface area (Å²) in [6.07, 6.45) is 0. The summed E-state index contributed by atoms with van der Waals surface area (Å²) in [5.41, 5.74) is 0.907. The zero-order valence-corrected chi connectivity index (χ0v) is 14.0. The number of carbonyl (C=O) groups is 2. The summed E-state index contributed by atoms with van der Waals surface area (Å²) in [5.74, 6) is -0.745. The van der Waals surface area contributed by atoms with E-state index in [0.29, 0.717) is 5.56 Å². The molecule has 0 aromatic heterocycles. The van der Waals surface area contributed by atoms with Gasteiger partial charge in [-0.25, -0.2) is 4.79 Å². The van der Waals surface area contributed by atoms with Crippen molar-refractivity contribution in [2.45, 2.75) is 46.3 Å². The number of esters is 1. The maximum absolute atomic E-state index is 12.1. The molecular weight excluding hydrogens is 322 g/mol. The fraction of sp³-hybridized carbons (Fsp3) is 0.467. The first-order chi connectivity index (χ1) is 9.08. The van der Waals surface area contributed by atoms with Crippen LogP contribution in [0, 0.1) is 6.92 Å². The summed E-state index contributed by atoms with van der Waals surface area (Å²) in [4.78, 5) is 23.9. The summed E-state index contributed by atoms with van der Waals surface area (Å²) in [5, 5.41) is 2.64. The number of aryl methyl sites for hydroxylation is 1. The molecule has 0 heterocycles. The molecule has 4 nitrogen and oxygen atoms in total. The van der Waals surface area contributed by atoms with Gasteiger partial charge in [-0.15, -0.1) is 0 Å². The van der Waals surface area contributed by atoms with Gasteiger partial charge in [0.2, 0.25) is 0 Å². The number of carbonyl (C=O) groups excluding carboxylic acids is 2. The third-order valence-electron chi connectivity index (χ3n) is 2.41. The summed E-state index contributed by atoms with van der Waals surface area (Å²) in [7, 11) is 0. The molecule has 0 spiro atoms. The normalized spacial score (nSPS) is 12.7. The lowest BCUT2D eigenvalue weighted by Gasteiger charge is -2.22. The van der Waals surface area contributed by atoms with Gasteiger partial charge in [0.05, 0.1) is 0 Å². The van der Waals surface area contributed by atoms with Gasteiger partial charge >= 0.3 is 5.97 Å². The maximum atomic E-state index is 12.1. The van der Waals surface area contributed by atoms with Crippen LogP contribution >= 0.6 is 15.9 Å². The fourth-order valence-corrected chi connectivity index (χ4v) is 2.20. The molecule has 0 saturated heterocycles. The molecule has 20 heavy (non-hydrogen) atoms. The minimum Gasteiger partial charge on any atom is -0.458 e. The minimum atomic E-state index is -0.694. The number of amides is 1. The monoisotopic (exact) mass is 341 g/mol. The zero-order chi connectivity index (χ0) is 15.5. The van der Waals surface area contributed by atoms with Gasteiger partial charge in [-0.3, -0.25) is 4.79 Å². The number of nitrogens with one attached hydrogen (secondary N) is 1. The van der Waals surface area contributed by atoms with Crippen molar-refractivity contribution in [3.63, 3.8) is 0 Å². The van der Waals surface area contributed by atoms with Crippen LogP contribution in [-0.2, 0) is 9.53 Å². The van der Waals surface area contributed by atoms with Crippen LogP contribution < -0.4 is 5.32 Å². The Kier molecular flexibility index (Phi) is 5.34. The molecule has 1 aromatic rings. The zero-order valence-electron chi connectivity index (χ0n) is 12.4. The number of hydrogen-bond acceptors (Lipinski definition) is 3. The van der Waals surface area contributed by atoms with Gasteiger partial charge in [-0.05, 0) is 58.4 Å². The van der Waals surface area contributed by atoms with Crippen molar-refractivity contribution in [1.29, 1.82) is 0 Å². The predicted octanol–water partition coefficient (Wildman–Crippen LogP) is 3.22. The molecule has 1 N–H and O–H groups in total. The average Bonchev–Trinajstić information content (AvgIpc) is 2.25. The van der Waals surface area contributed by atoms with E-state index in [4.69, 9.17) is 4.74 Å². The predicted molar refractivity (Wildman–Crippen MR) is 81.7 cm³/mol. The number of rotatable bonds is 3. The molecule has 0 bridgehead atoms. The first kappa shape index (κ1) is 16.7. The van der Waals surface area contributed by atoms with Crippen molar-refractivity contribution < 1.29 is 14.3 Å². The molecule has 0 unspecified atom stereocenters. The Hall–Kier alpha value is -1.36. The van der Waals surface area contributed by atoms with E-state index in [2.05, 4.69) is 21.2 Å². The molecule has 0 aliphatic rings. The standard InChI is InChI=1S/C15H20BrNO3/c1-9-6-11(8-12(16)7-9)13(18)17-10(2)14(19)20-15(3,4)5/h6-8,10H,1-5H3,(H,17,18)/t10-/m1/s1. The molecule has 5 heteroatoms. The van der Waals surface area contributed by atoms with Crippen molar-refractivity contribution in [2.24, 2.45) is 0 Å². The third-order valence-corrected chi connectivity index (χ3v) is 2.87. The highest BCUT2D eigenvalue weighted by Crippen LogP contribution is 2.15. The van der Waals surface area contributed by atoms with E-state index in [1.165, 1.54) is 0 Å². The first-order valence-corrected chi connectivity index (χ1v) is 7.19. The van der Waals surface area contributed by atoms with E-state index in [9.17, 15) is 9.59 Å². The van der Waals surface area contributed by atoms with Crippen LogP contribution in [0.2, 0.25) is 0 Å². The second kappa shape index (κ2) is 6.39. The van der Waals surface area contributed by atoms with E-state index in [-0.39, 0.29) is 5.91 Å². The van der Waals surface area contributed by atoms with Crippen molar-refractivity contribution in [3.8, 4) is 0 Å². The van der Waals surface area contributed by atoms with E-state index < -0.39 is 17.6 Å². The lowest BCUT2D eigenvalue weighted by Crippen LogP contribution is -2.42. The van der Waals surface area contributed by atoms with Crippen LogP contribution in [0.4, 0.5) is 0 Å². The van der Waals surface area contributed by atoms with E-state index in [0.717, 1.165) is 10.0 Å². The fourth-order valence-electron chi connectivity index (χ4n) is 1.60. The van der Waals surface area contributed by atoms with Crippen molar-refractivity contribution in [2.75, 3.05) is 0 Å². The van der Waals surface area contributed by atoms with Gasteiger partial charge in [-0.2, -0.15) is 0 Å². The Bertz CT molecular complexity index is 500. The second-order valence-corrected chi connectivity index (χ2v) is 6.66. The molecule has 1 rings (SSSR count). The number of halogens is 1. The van der Waals surface area contributed by atoms with Crippen LogP contribution in [0.25, 0.3) is 0 Å². The molecular formula is C15H20BrNO3. The Balaban J connectivity index is 2.72. The van der Waals surface area contributed by atoms with Crippen LogP contribution in [0.3, 0.4) is 0 Å². The molecule has 0 radical (unpaired) electrons. The summed E-state index contributed by atoms with van der Waals surface area (Å²) >= 11 is 3.34. The second-order valence-electron chi connectivity index (χ2n) is 5.75. The SMILES string of the molecule is Cc1cc(Br)cc(C(=O)N[C@H](C)C(=O)OC(C)(C)C)c1. The molecule has 110 valence electrons. The molecule has 1 amide bonds. The van der Waals surface area contributed by atoms with Gasteiger partial charge in [0.25, 0.3) is 5.91 Å². The minimum absolute atomic E-state index is 0.298.